The fraction of sp³-hybridized carbons (Fsp3) is 0.533. The zero-order valence-electron chi connectivity index (χ0n) is 11.2. The number of aliphatic carboxylic acids is 1. The third-order valence-corrected chi connectivity index (χ3v) is 4.00. The number of halogens is 1. The van der Waals surface area contributed by atoms with Crippen molar-refractivity contribution in [1.82, 2.24) is 4.90 Å². The molecule has 0 spiro atoms. The van der Waals surface area contributed by atoms with Crippen molar-refractivity contribution in [2.24, 2.45) is 0 Å². The fourth-order valence-corrected chi connectivity index (χ4v) is 3.01. The maximum atomic E-state index is 11.7. The van der Waals surface area contributed by atoms with Gasteiger partial charge in [0.05, 0.1) is 0 Å². The lowest BCUT2D eigenvalue weighted by atomic mass is 9.99. The summed E-state index contributed by atoms with van der Waals surface area (Å²) in [4.78, 5) is 13.8. The molecular formula is C15H20ClNO2. The first kappa shape index (κ1) is 14.4. The smallest absolute Gasteiger partial charge is 0.325 e. The van der Waals surface area contributed by atoms with Crippen LogP contribution in [-0.2, 0) is 4.79 Å². The Bertz CT molecular complexity index is 453. The van der Waals surface area contributed by atoms with E-state index < -0.39 is 12.0 Å². The summed E-state index contributed by atoms with van der Waals surface area (Å²) < 4.78 is 0. The molecule has 0 aliphatic carbocycles. The van der Waals surface area contributed by atoms with Gasteiger partial charge in [-0.15, -0.1) is 0 Å². The molecule has 0 radical (unpaired) electrons. The minimum atomic E-state index is -0.771. The molecule has 0 bridgehead atoms. The Morgan fingerprint density at radius 2 is 1.89 bits per heavy atom. The molecule has 19 heavy (non-hydrogen) atoms. The van der Waals surface area contributed by atoms with Crippen molar-refractivity contribution in [1.29, 1.82) is 0 Å². The van der Waals surface area contributed by atoms with E-state index in [4.69, 9.17) is 11.6 Å². The van der Waals surface area contributed by atoms with Crippen LogP contribution < -0.4 is 0 Å². The van der Waals surface area contributed by atoms with Crippen molar-refractivity contribution in [2.75, 3.05) is 13.1 Å². The molecule has 1 aromatic rings. The van der Waals surface area contributed by atoms with Crippen molar-refractivity contribution in [3.8, 4) is 0 Å². The Hall–Kier alpha value is -1.06. The summed E-state index contributed by atoms with van der Waals surface area (Å²) in [5.41, 5.74) is 1.81. The van der Waals surface area contributed by atoms with E-state index in [1.807, 2.05) is 19.1 Å². The summed E-state index contributed by atoms with van der Waals surface area (Å²) in [5.74, 6) is -0.771. The van der Waals surface area contributed by atoms with Gasteiger partial charge in [0.2, 0.25) is 0 Å². The normalized spacial score (nSPS) is 18.8. The van der Waals surface area contributed by atoms with Crippen LogP contribution in [0.4, 0.5) is 0 Å². The molecule has 1 unspecified atom stereocenters. The van der Waals surface area contributed by atoms with Crippen LogP contribution in [0.15, 0.2) is 18.2 Å². The van der Waals surface area contributed by atoms with E-state index in [1.165, 1.54) is 12.8 Å². The molecule has 1 atom stereocenters. The molecule has 1 aliphatic rings. The molecule has 1 fully saturated rings. The number of benzene rings is 1. The molecule has 4 heteroatoms. The topological polar surface area (TPSA) is 40.5 Å². The molecule has 1 aliphatic heterocycles. The minimum Gasteiger partial charge on any atom is -0.480 e. The van der Waals surface area contributed by atoms with Crippen molar-refractivity contribution < 1.29 is 9.90 Å². The van der Waals surface area contributed by atoms with Crippen LogP contribution >= 0.6 is 11.6 Å². The largest absolute Gasteiger partial charge is 0.480 e. The summed E-state index contributed by atoms with van der Waals surface area (Å²) in [6, 6.07) is 4.92. The van der Waals surface area contributed by atoms with E-state index in [1.54, 1.807) is 6.07 Å². The second-order valence-corrected chi connectivity index (χ2v) is 5.63. The summed E-state index contributed by atoms with van der Waals surface area (Å²) in [6.07, 6.45) is 4.55. The van der Waals surface area contributed by atoms with E-state index >= 15 is 0 Å². The highest BCUT2D eigenvalue weighted by atomic mass is 35.5. The molecule has 1 saturated heterocycles. The quantitative estimate of drug-likeness (QED) is 0.919. The van der Waals surface area contributed by atoms with Crippen LogP contribution in [0.2, 0.25) is 5.02 Å². The number of carboxylic acids is 1. The van der Waals surface area contributed by atoms with Crippen LogP contribution in [-0.4, -0.2) is 29.1 Å². The predicted molar refractivity (Wildman–Crippen MR) is 76.6 cm³/mol. The Morgan fingerprint density at radius 3 is 2.42 bits per heavy atom. The molecule has 1 N–H and O–H groups in total. The standard InChI is InChI=1S/C15H20ClNO2/c1-11-10-12(16)6-7-13(11)14(15(18)19)17-8-4-2-3-5-9-17/h6-7,10,14H,2-5,8-9H2,1H3,(H,18,19). The number of nitrogens with zero attached hydrogens (tertiary/aromatic N) is 1. The maximum Gasteiger partial charge on any atom is 0.325 e. The van der Waals surface area contributed by atoms with Crippen molar-refractivity contribution in [2.45, 2.75) is 38.6 Å². The van der Waals surface area contributed by atoms with Gasteiger partial charge in [-0.05, 0) is 56.1 Å². The number of carboxylic acid groups (broad SMARTS) is 1. The summed E-state index contributed by atoms with van der Waals surface area (Å²) >= 11 is 5.95. The van der Waals surface area contributed by atoms with Gasteiger partial charge in [0.1, 0.15) is 6.04 Å². The number of hydrogen-bond donors (Lipinski definition) is 1. The lowest BCUT2D eigenvalue weighted by Gasteiger charge is -2.28. The zero-order valence-corrected chi connectivity index (χ0v) is 12.0. The fourth-order valence-electron chi connectivity index (χ4n) is 2.79. The maximum absolute atomic E-state index is 11.7. The Labute approximate surface area is 119 Å². The average Bonchev–Trinajstić information content (AvgIpc) is 2.61. The number of hydrogen-bond acceptors (Lipinski definition) is 2. The van der Waals surface area contributed by atoms with Crippen LogP contribution in [0.25, 0.3) is 0 Å². The van der Waals surface area contributed by atoms with Gasteiger partial charge in [-0.2, -0.15) is 0 Å². The highest BCUT2D eigenvalue weighted by Gasteiger charge is 2.28. The minimum absolute atomic E-state index is 0.546. The van der Waals surface area contributed by atoms with Crippen molar-refractivity contribution in [3.05, 3.63) is 34.3 Å². The van der Waals surface area contributed by atoms with Crippen LogP contribution in [0.1, 0.15) is 42.9 Å². The van der Waals surface area contributed by atoms with E-state index in [9.17, 15) is 9.90 Å². The Balaban J connectivity index is 2.30. The number of carbonyl (C=O) groups is 1. The van der Waals surface area contributed by atoms with Gasteiger partial charge in [-0.25, -0.2) is 0 Å². The van der Waals surface area contributed by atoms with Gasteiger partial charge in [0, 0.05) is 5.02 Å². The number of aryl methyl sites for hydroxylation is 1. The van der Waals surface area contributed by atoms with Gasteiger partial charge in [0.25, 0.3) is 0 Å². The molecule has 1 aromatic carbocycles. The van der Waals surface area contributed by atoms with Crippen molar-refractivity contribution >= 4 is 17.6 Å². The van der Waals surface area contributed by atoms with Gasteiger partial charge in [-0.3, -0.25) is 9.69 Å². The van der Waals surface area contributed by atoms with Crippen molar-refractivity contribution in [3.63, 3.8) is 0 Å². The van der Waals surface area contributed by atoms with E-state index in [0.29, 0.717) is 5.02 Å². The first-order chi connectivity index (χ1) is 9.09. The molecule has 0 saturated carbocycles. The van der Waals surface area contributed by atoms with E-state index in [-0.39, 0.29) is 0 Å². The van der Waals surface area contributed by atoms with Gasteiger partial charge < -0.3 is 5.11 Å². The Morgan fingerprint density at radius 1 is 1.26 bits per heavy atom. The van der Waals surface area contributed by atoms with Gasteiger partial charge >= 0.3 is 5.97 Å². The van der Waals surface area contributed by atoms with Crippen LogP contribution in [0.5, 0.6) is 0 Å². The molecule has 2 rings (SSSR count). The summed E-state index contributed by atoms with van der Waals surface area (Å²) in [6.45, 7) is 3.65. The average molecular weight is 282 g/mol. The molecule has 104 valence electrons. The third-order valence-electron chi connectivity index (χ3n) is 3.77. The SMILES string of the molecule is Cc1cc(Cl)ccc1C(C(=O)O)N1CCCCCC1. The lowest BCUT2D eigenvalue weighted by molar-refractivity contribution is -0.143. The monoisotopic (exact) mass is 281 g/mol. The summed E-state index contributed by atoms with van der Waals surface area (Å²) in [7, 11) is 0. The molecule has 0 aromatic heterocycles. The van der Waals surface area contributed by atoms with Crippen LogP contribution in [0, 0.1) is 6.92 Å². The van der Waals surface area contributed by atoms with E-state index in [0.717, 1.165) is 37.1 Å². The second kappa shape index (κ2) is 6.40. The highest BCUT2D eigenvalue weighted by Crippen LogP contribution is 2.28. The van der Waals surface area contributed by atoms with E-state index in [2.05, 4.69) is 4.90 Å². The molecule has 3 nitrogen and oxygen atoms in total. The number of rotatable bonds is 3. The highest BCUT2D eigenvalue weighted by molar-refractivity contribution is 6.30. The lowest BCUT2D eigenvalue weighted by Crippen LogP contribution is -2.35. The first-order valence-electron chi connectivity index (χ1n) is 6.82. The second-order valence-electron chi connectivity index (χ2n) is 5.19. The zero-order chi connectivity index (χ0) is 13.8. The molecule has 1 heterocycles. The summed E-state index contributed by atoms with van der Waals surface area (Å²) in [5, 5.41) is 10.2. The Kier molecular flexibility index (Phi) is 4.83. The third kappa shape index (κ3) is 3.48. The number of likely N-dealkylation sites (tertiary alicyclic amines) is 1. The predicted octanol–water partition coefficient (Wildman–Crippen LogP) is 3.65. The molecular weight excluding hydrogens is 262 g/mol. The van der Waals surface area contributed by atoms with Gasteiger partial charge in [-0.1, -0.05) is 30.5 Å². The molecule has 0 amide bonds. The van der Waals surface area contributed by atoms with Crippen LogP contribution in [0.3, 0.4) is 0 Å². The first-order valence-corrected chi connectivity index (χ1v) is 7.20. The van der Waals surface area contributed by atoms with Gasteiger partial charge in [0.15, 0.2) is 0 Å².